The molecule has 2 heterocycles. The first-order valence-electron chi connectivity index (χ1n) is 7.98. The van der Waals surface area contributed by atoms with Gasteiger partial charge in [-0.05, 0) is 6.92 Å². The van der Waals surface area contributed by atoms with Gasteiger partial charge in [-0.3, -0.25) is 25.1 Å². The summed E-state index contributed by atoms with van der Waals surface area (Å²) in [6, 6.07) is 7.50. The number of hydrogen-bond donors (Lipinski definition) is 0. The van der Waals surface area contributed by atoms with Crippen LogP contribution in [0.1, 0.15) is 12.8 Å². The van der Waals surface area contributed by atoms with E-state index < -0.39 is 27.4 Å². The molecule has 1 aliphatic rings. The molecule has 138 valence electrons. The molecule has 0 N–H and O–H groups in total. The molecule has 3 rings (SSSR count). The molecule has 1 atom stereocenters. The SMILES string of the molecule is CC(N1CCOCC1)C(c1nc(-c2ccccc2)no1)([N+](=O)[O-])[N+](=O)[O-]. The molecule has 1 fully saturated rings. The van der Waals surface area contributed by atoms with Crippen LogP contribution in [0, 0.1) is 20.2 Å². The maximum Gasteiger partial charge on any atom is 0.549 e. The van der Waals surface area contributed by atoms with Crippen LogP contribution >= 0.6 is 0 Å². The molecule has 0 amide bonds. The smallest absolute Gasteiger partial charge is 0.379 e. The van der Waals surface area contributed by atoms with E-state index in [1.807, 2.05) is 0 Å². The number of nitrogens with zero attached hydrogens (tertiary/aromatic N) is 5. The van der Waals surface area contributed by atoms with Crippen molar-refractivity contribution < 1.29 is 19.1 Å². The number of hydrogen-bond acceptors (Lipinski definition) is 9. The van der Waals surface area contributed by atoms with Crippen LogP contribution in [0.2, 0.25) is 0 Å². The number of aromatic nitrogens is 2. The summed E-state index contributed by atoms with van der Waals surface area (Å²) in [6.07, 6.45) is 0. The lowest BCUT2D eigenvalue weighted by molar-refractivity contribution is -0.820. The molecular weight excluding hydrogens is 346 g/mol. The Balaban J connectivity index is 2.05. The van der Waals surface area contributed by atoms with E-state index in [0.717, 1.165) is 0 Å². The average molecular weight is 363 g/mol. The minimum atomic E-state index is -2.77. The zero-order valence-corrected chi connectivity index (χ0v) is 14.0. The predicted molar refractivity (Wildman–Crippen MR) is 87.3 cm³/mol. The van der Waals surface area contributed by atoms with Crippen molar-refractivity contribution in [1.82, 2.24) is 15.0 Å². The van der Waals surface area contributed by atoms with Gasteiger partial charge < -0.3 is 9.26 Å². The Bertz CT molecular complexity index is 775. The zero-order chi connectivity index (χ0) is 18.7. The van der Waals surface area contributed by atoms with Crippen molar-refractivity contribution in [2.24, 2.45) is 0 Å². The summed E-state index contributed by atoms with van der Waals surface area (Å²) in [5.74, 6) is -0.590. The molecule has 26 heavy (non-hydrogen) atoms. The zero-order valence-electron chi connectivity index (χ0n) is 14.0. The number of rotatable bonds is 6. The van der Waals surface area contributed by atoms with Crippen LogP contribution in [0.5, 0.6) is 0 Å². The highest BCUT2D eigenvalue weighted by molar-refractivity contribution is 5.53. The van der Waals surface area contributed by atoms with Gasteiger partial charge in [0.15, 0.2) is 6.04 Å². The van der Waals surface area contributed by atoms with Crippen LogP contribution in [0.4, 0.5) is 0 Å². The van der Waals surface area contributed by atoms with Gasteiger partial charge in [-0.2, -0.15) is 4.98 Å². The summed E-state index contributed by atoms with van der Waals surface area (Å²) in [5.41, 5.74) is -2.22. The van der Waals surface area contributed by atoms with Crippen LogP contribution < -0.4 is 0 Å². The van der Waals surface area contributed by atoms with Crippen molar-refractivity contribution in [3.63, 3.8) is 0 Å². The summed E-state index contributed by atoms with van der Waals surface area (Å²) < 4.78 is 10.2. The first-order valence-corrected chi connectivity index (χ1v) is 7.98. The lowest BCUT2D eigenvalue weighted by atomic mass is 10.0. The fourth-order valence-electron chi connectivity index (χ4n) is 3.00. The fraction of sp³-hybridized carbons (Fsp3) is 0.467. The monoisotopic (exact) mass is 363 g/mol. The minimum absolute atomic E-state index is 0.0582. The van der Waals surface area contributed by atoms with Crippen LogP contribution in [0.15, 0.2) is 34.9 Å². The van der Waals surface area contributed by atoms with Crippen molar-refractivity contribution >= 4 is 0 Å². The van der Waals surface area contributed by atoms with Crippen LogP contribution in [0.25, 0.3) is 11.4 Å². The Morgan fingerprint density at radius 3 is 2.35 bits per heavy atom. The molecular formula is C15H17N5O6. The Morgan fingerprint density at radius 2 is 1.77 bits per heavy atom. The van der Waals surface area contributed by atoms with Crippen molar-refractivity contribution in [3.8, 4) is 11.4 Å². The van der Waals surface area contributed by atoms with E-state index in [0.29, 0.717) is 31.9 Å². The molecule has 2 aromatic rings. The van der Waals surface area contributed by atoms with E-state index in [2.05, 4.69) is 10.1 Å². The summed E-state index contributed by atoms with van der Waals surface area (Å²) in [7, 11) is 0. The molecule has 1 aliphatic heterocycles. The highest BCUT2D eigenvalue weighted by Gasteiger charge is 2.69. The first kappa shape index (κ1) is 17.9. The van der Waals surface area contributed by atoms with Crippen molar-refractivity contribution in [2.45, 2.75) is 18.6 Å². The molecule has 0 radical (unpaired) electrons. The molecule has 0 aliphatic carbocycles. The van der Waals surface area contributed by atoms with E-state index in [9.17, 15) is 20.2 Å². The third kappa shape index (κ3) is 2.91. The van der Waals surface area contributed by atoms with Crippen LogP contribution in [0.3, 0.4) is 0 Å². The van der Waals surface area contributed by atoms with Gasteiger partial charge in [0.2, 0.25) is 5.82 Å². The largest absolute Gasteiger partial charge is 0.549 e. The predicted octanol–water partition coefficient (Wildman–Crippen LogP) is 1.16. The average Bonchev–Trinajstić information content (AvgIpc) is 3.13. The lowest BCUT2D eigenvalue weighted by Crippen LogP contribution is -2.60. The van der Waals surface area contributed by atoms with E-state index in [1.54, 1.807) is 35.2 Å². The topological polar surface area (TPSA) is 138 Å². The van der Waals surface area contributed by atoms with Gasteiger partial charge in [0.1, 0.15) is 9.85 Å². The minimum Gasteiger partial charge on any atom is -0.379 e. The third-order valence-corrected chi connectivity index (χ3v) is 4.51. The Morgan fingerprint density at radius 1 is 1.15 bits per heavy atom. The molecule has 0 spiro atoms. The van der Waals surface area contributed by atoms with Gasteiger partial charge in [0, 0.05) is 18.7 Å². The molecule has 0 saturated carbocycles. The van der Waals surface area contributed by atoms with Gasteiger partial charge in [0.05, 0.1) is 13.2 Å². The summed E-state index contributed by atoms with van der Waals surface area (Å²) in [5, 5.41) is 27.4. The Hall–Kier alpha value is -2.92. The number of ether oxygens (including phenoxy) is 1. The van der Waals surface area contributed by atoms with Gasteiger partial charge >= 0.3 is 11.6 Å². The van der Waals surface area contributed by atoms with Gasteiger partial charge in [0.25, 0.3) is 0 Å². The maximum absolute atomic E-state index is 11.9. The Labute approximate surface area is 147 Å². The van der Waals surface area contributed by atoms with Crippen LogP contribution in [-0.4, -0.2) is 57.2 Å². The molecule has 11 heteroatoms. The molecule has 11 nitrogen and oxygen atoms in total. The first-order chi connectivity index (χ1) is 12.5. The highest BCUT2D eigenvalue weighted by Crippen LogP contribution is 2.33. The molecule has 0 bridgehead atoms. The van der Waals surface area contributed by atoms with Crippen molar-refractivity contribution in [3.05, 3.63) is 56.5 Å². The van der Waals surface area contributed by atoms with Crippen molar-refractivity contribution in [1.29, 1.82) is 0 Å². The molecule has 1 unspecified atom stereocenters. The molecule has 1 saturated heterocycles. The Kier molecular flexibility index (Phi) is 4.91. The fourth-order valence-corrected chi connectivity index (χ4v) is 3.00. The second kappa shape index (κ2) is 7.14. The number of benzene rings is 1. The van der Waals surface area contributed by atoms with Gasteiger partial charge in [-0.1, -0.05) is 35.5 Å². The number of nitro groups is 2. The van der Waals surface area contributed by atoms with Gasteiger partial charge in [-0.25, -0.2) is 0 Å². The van der Waals surface area contributed by atoms with Crippen molar-refractivity contribution in [2.75, 3.05) is 26.3 Å². The van der Waals surface area contributed by atoms with E-state index in [4.69, 9.17) is 9.26 Å². The van der Waals surface area contributed by atoms with E-state index >= 15 is 0 Å². The standard InChI is InChI=1S/C15H17N5O6/c1-11(18-7-9-25-10-8-18)15(19(21)22,20(23)24)14-16-13(17-26-14)12-5-3-2-4-6-12/h2-6,11H,7-10H2,1H3. The van der Waals surface area contributed by atoms with Crippen LogP contribution in [-0.2, 0) is 10.4 Å². The summed E-state index contributed by atoms with van der Waals surface area (Å²) in [4.78, 5) is 27.4. The molecule has 1 aromatic heterocycles. The highest BCUT2D eigenvalue weighted by atomic mass is 16.7. The second-order valence-electron chi connectivity index (χ2n) is 5.85. The number of morpholine rings is 1. The maximum atomic E-state index is 11.9. The lowest BCUT2D eigenvalue weighted by Gasteiger charge is -2.33. The summed E-state index contributed by atoms with van der Waals surface area (Å²) in [6.45, 7) is 2.78. The molecule has 1 aromatic carbocycles. The van der Waals surface area contributed by atoms with E-state index in [1.165, 1.54) is 6.92 Å². The summed E-state index contributed by atoms with van der Waals surface area (Å²) >= 11 is 0. The third-order valence-electron chi connectivity index (χ3n) is 4.51. The normalized spacial score (nSPS) is 17.0. The second-order valence-corrected chi connectivity index (χ2v) is 5.85. The van der Waals surface area contributed by atoms with E-state index in [-0.39, 0.29) is 5.82 Å². The van der Waals surface area contributed by atoms with Gasteiger partial charge in [-0.15, -0.1) is 0 Å². The quantitative estimate of drug-likeness (QED) is 0.420.